The van der Waals surface area contributed by atoms with Crippen LogP contribution < -0.4 is 10.6 Å². The maximum Gasteiger partial charge on any atom is 0.228 e. The Balaban J connectivity index is 1.88. The molecule has 0 spiro atoms. The minimum Gasteiger partial charge on any atom is -0.384 e. The number of nitrogens with one attached hydrogen (secondary N) is 2. The average Bonchev–Trinajstić information content (AvgIpc) is 3.12. The number of aromatic nitrogens is 1. The summed E-state index contributed by atoms with van der Waals surface area (Å²) >= 11 is 0. The fourth-order valence-electron chi connectivity index (χ4n) is 1.42. The maximum atomic E-state index is 11.5. The first-order valence-electron chi connectivity index (χ1n) is 5.80. The predicted octanol–water partition coefficient (Wildman–Crippen LogP) is 2.25. The number of pyridine rings is 1. The molecule has 1 amide bonds. The summed E-state index contributed by atoms with van der Waals surface area (Å²) in [6, 6.07) is 3.77. The molecule has 0 atom stereocenters. The second-order valence-electron chi connectivity index (χ2n) is 4.12. The molecule has 1 fully saturated rings. The Morgan fingerprint density at radius 1 is 1.50 bits per heavy atom. The number of carbonyl (C=O) groups excluding carboxylic acids is 1. The number of hydrogen-bond donors (Lipinski definition) is 2. The van der Waals surface area contributed by atoms with Gasteiger partial charge in [-0.3, -0.25) is 4.79 Å². The van der Waals surface area contributed by atoms with Crippen LogP contribution in [-0.2, 0) is 4.79 Å². The van der Waals surface area contributed by atoms with Crippen molar-refractivity contribution in [2.24, 2.45) is 5.92 Å². The van der Waals surface area contributed by atoms with E-state index < -0.39 is 0 Å². The second kappa shape index (κ2) is 4.96. The zero-order valence-corrected chi connectivity index (χ0v) is 9.49. The molecule has 0 radical (unpaired) electrons. The molecule has 1 heterocycles. The van der Waals surface area contributed by atoms with Crippen molar-refractivity contribution in [3.05, 3.63) is 18.3 Å². The van der Waals surface area contributed by atoms with E-state index in [0.717, 1.165) is 31.5 Å². The van der Waals surface area contributed by atoms with Gasteiger partial charge in [-0.25, -0.2) is 4.98 Å². The number of amides is 1. The monoisotopic (exact) mass is 219 g/mol. The van der Waals surface area contributed by atoms with Crippen molar-refractivity contribution < 1.29 is 4.79 Å². The first kappa shape index (κ1) is 10.9. The molecule has 2 N–H and O–H groups in total. The molecular formula is C12H17N3O. The largest absolute Gasteiger partial charge is 0.384 e. The van der Waals surface area contributed by atoms with Gasteiger partial charge in [0.25, 0.3) is 0 Å². The highest BCUT2D eigenvalue weighted by molar-refractivity contribution is 5.93. The topological polar surface area (TPSA) is 54.0 Å². The van der Waals surface area contributed by atoms with Gasteiger partial charge in [0.05, 0.1) is 11.9 Å². The Labute approximate surface area is 95.5 Å². The van der Waals surface area contributed by atoms with Gasteiger partial charge in [-0.2, -0.15) is 0 Å². The summed E-state index contributed by atoms with van der Waals surface area (Å²) < 4.78 is 0. The summed E-state index contributed by atoms with van der Waals surface area (Å²) in [5, 5.41) is 6.04. The lowest BCUT2D eigenvalue weighted by Gasteiger charge is -2.06. The lowest BCUT2D eigenvalue weighted by atomic mass is 10.3. The molecule has 1 aromatic heterocycles. The first-order chi connectivity index (χ1) is 7.79. The van der Waals surface area contributed by atoms with Gasteiger partial charge < -0.3 is 10.6 Å². The van der Waals surface area contributed by atoms with Crippen molar-refractivity contribution >= 4 is 17.4 Å². The SMILES string of the molecule is CCCNc1ccc(NC(=O)C2CC2)nc1. The van der Waals surface area contributed by atoms with E-state index in [0.29, 0.717) is 5.82 Å². The van der Waals surface area contributed by atoms with Crippen LogP contribution in [0, 0.1) is 5.92 Å². The number of rotatable bonds is 5. The van der Waals surface area contributed by atoms with Gasteiger partial charge in [0.2, 0.25) is 5.91 Å². The quantitative estimate of drug-likeness (QED) is 0.798. The van der Waals surface area contributed by atoms with Gasteiger partial charge in [0, 0.05) is 12.5 Å². The molecule has 1 aliphatic carbocycles. The van der Waals surface area contributed by atoms with Crippen LogP contribution in [0.3, 0.4) is 0 Å². The molecule has 4 nitrogen and oxygen atoms in total. The Kier molecular flexibility index (Phi) is 3.39. The Hall–Kier alpha value is -1.58. The molecule has 0 aliphatic heterocycles. The highest BCUT2D eigenvalue weighted by atomic mass is 16.2. The van der Waals surface area contributed by atoms with Crippen LogP contribution in [-0.4, -0.2) is 17.4 Å². The van der Waals surface area contributed by atoms with E-state index in [1.54, 1.807) is 6.20 Å². The lowest BCUT2D eigenvalue weighted by Crippen LogP contribution is -2.14. The normalized spacial score (nSPS) is 14.6. The van der Waals surface area contributed by atoms with Crippen molar-refractivity contribution in [2.45, 2.75) is 26.2 Å². The smallest absolute Gasteiger partial charge is 0.228 e. The first-order valence-corrected chi connectivity index (χ1v) is 5.80. The minimum atomic E-state index is 0.0989. The molecule has 16 heavy (non-hydrogen) atoms. The summed E-state index contributed by atoms with van der Waals surface area (Å²) in [6.45, 7) is 3.06. The second-order valence-corrected chi connectivity index (χ2v) is 4.12. The van der Waals surface area contributed by atoms with Crippen LogP contribution >= 0.6 is 0 Å². The molecule has 0 bridgehead atoms. The highest BCUT2D eigenvalue weighted by Gasteiger charge is 2.29. The van der Waals surface area contributed by atoms with Gasteiger partial charge >= 0.3 is 0 Å². The van der Waals surface area contributed by atoms with Crippen molar-refractivity contribution in [1.82, 2.24) is 4.98 Å². The summed E-state index contributed by atoms with van der Waals surface area (Å²) in [6.07, 6.45) is 4.86. The minimum absolute atomic E-state index is 0.0989. The van der Waals surface area contributed by atoms with Crippen molar-refractivity contribution in [3.8, 4) is 0 Å². The van der Waals surface area contributed by atoms with Gasteiger partial charge in [0.15, 0.2) is 0 Å². The molecule has 1 aromatic rings. The molecular weight excluding hydrogens is 202 g/mol. The molecule has 1 saturated carbocycles. The van der Waals surface area contributed by atoms with E-state index in [4.69, 9.17) is 0 Å². The van der Waals surface area contributed by atoms with Crippen LogP contribution in [0.1, 0.15) is 26.2 Å². The van der Waals surface area contributed by atoms with E-state index in [1.807, 2.05) is 12.1 Å². The van der Waals surface area contributed by atoms with E-state index in [1.165, 1.54) is 0 Å². The van der Waals surface area contributed by atoms with E-state index in [-0.39, 0.29) is 11.8 Å². The van der Waals surface area contributed by atoms with Gasteiger partial charge in [-0.1, -0.05) is 6.92 Å². The van der Waals surface area contributed by atoms with E-state index in [9.17, 15) is 4.79 Å². The fraction of sp³-hybridized carbons (Fsp3) is 0.500. The Bertz CT molecular complexity index is 357. The molecule has 2 rings (SSSR count). The summed E-state index contributed by atoms with van der Waals surface area (Å²) in [4.78, 5) is 15.7. The molecule has 4 heteroatoms. The zero-order valence-electron chi connectivity index (χ0n) is 9.49. The summed E-state index contributed by atoms with van der Waals surface area (Å²) in [5.74, 6) is 0.959. The molecule has 0 saturated heterocycles. The number of hydrogen-bond acceptors (Lipinski definition) is 3. The summed E-state index contributed by atoms with van der Waals surface area (Å²) in [5.41, 5.74) is 0.992. The van der Waals surface area contributed by atoms with Crippen LogP contribution in [0.2, 0.25) is 0 Å². The average molecular weight is 219 g/mol. The van der Waals surface area contributed by atoms with Crippen molar-refractivity contribution in [3.63, 3.8) is 0 Å². The van der Waals surface area contributed by atoms with Gasteiger partial charge in [-0.05, 0) is 31.4 Å². The van der Waals surface area contributed by atoms with Gasteiger partial charge in [-0.15, -0.1) is 0 Å². The lowest BCUT2D eigenvalue weighted by molar-refractivity contribution is -0.117. The Morgan fingerprint density at radius 2 is 2.31 bits per heavy atom. The van der Waals surface area contributed by atoms with Gasteiger partial charge in [0.1, 0.15) is 5.82 Å². The molecule has 0 aromatic carbocycles. The molecule has 1 aliphatic rings. The standard InChI is InChI=1S/C12H17N3O/c1-2-7-13-10-5-6-11(14-8-10)15-12(16)9-3-4-9/h5-6,8-9,13H,2-4,7H2,1H3,(H,14,15,16). The van der Waals surface area contributed by atoms with E-state index in [2.05, 4.69) is 22.5 Å². The summed E-state index contributed by atoms with van der Waals surface area (Å²) in [7, 11) is 0. The third-order valence-electron chi connectivity index (χ3n) is 2.54. The molecule has 86 valence electrons. The van der Waals surface area contributed by atoms with Crippen LogP contribution in [0.15, 0.2) is 18.3 Å². The third-order valence-corrected chi connectivity index (χ3v) is 2.54. The zero-order chi connectivity index (χ0) is 11.4. The van der Waals surface area contributed by atoms with Crippen LogP contribution in [0.5, 0.6) is 0 Å². The van der Waals surface area contributed by atoms with Crippen molar-refractivity contribution in [1.29, 1.82) is 0 Å². The number of anilines is 2. The fourth-order valence-corrected chi connectivity index (χ4v) is 1.42. The van der Waals surface area contributed by atoms with Crippen LogP contribution in [0.25, 0.3) is 0 Å². The van der Waals surface area contributed by atoms with Crippen molar-refractivity contribution in [2.75, 3.05) is 17.2 Å². The highest BCUT2D eigenvalue weighted by Crippen LogP contribution is 2.29. The number of nitrogens with zero attached hydrogens (tertiary/aromatic N) is 1. The number of carbonyl (C=O) groups is 1. The van der Waals surface area contributed by atoms with Crippen LogP contribution in [0.4, 0.5) is 11.5 Å². The predicted molar refractivity (Wildman–Crippen MR) is 64.4 cm³/mol. The Morgan fingerprint density at radius 3 is 2.88 bits per heavy atom. The van der Waals surface area contributed by atoms with E-state index >= 15 is 0 Å². The molecule has 0 unspecified atom stereocenters. The maximum absolute atomic E-state index is 11.5. The third kappa shape index (κ3) is 2.95.